The summed E-state index contributed by atoms with van der Waals surface area (Å²) in [5.41, 5.74) is 0. The summed E-state index contributed by atoms with van der Waals surface area (Å²) < 4.78 is 68.3. The molecule has 27 heavy (non-hydrogen) atoms. The number of hydrogen-bond donors (Lipinski definition) is 0. The van der Waals surface area contributed by atoms with Crippen molar-refractivity contribution in [1.29, 1.82) is 0 Å². The number of carboxylic acid groups (broad SMARTS) is 1. The second kappa shape index (κ2) is 17.9. The summed E-state index contributed by atoms with van der Waals surface area (Å²) in [4.78, 5) is 38.3. The molecule has 0 N–H and O–H groups in total. The fourth-order valence-corrected chi connectivity index (χ4v) is 0.224. The number of phosphoric ester groups is 1. The second-order valence-electron chi connectivity index (χ2n) is 4.21. The maximum absolute atomic E-state index is 9.95. The van der Waals surface area contributed by atoms with E-state index in [1.165, 1.54) is 13.3 Å². The number of rotatable bonds is 3. The van der Waals surface area contributed by atoms with Gasteiger partial charge in [-0.1, -0.05) is 0 Å². The summed E-state index contributed by atoms with van der Waals surface area (Å²) in [6.07, 6.45) is 0.604. The van der Waals surface area contributed by atoms with E-state index in [4.69, 9.17) is 22.9 Å². The Bertz CT molecular complexity index is 575. The zero-order valence-corrected chi connectivity index (χ0v) is 19.5. The summed E-state index contributed by atoms with van der Waals surface area (Å²) in [6, 6.07) is 0. The lowest BCUT2D eigenvalue weighted by molar-refractivity contribution is -0.302. The summed E-state index contributed by atoms with van der Waals surface area (Å²) in [5.74, 6) is -1.08. The van der Waals surface area contributed by atoms with Crippen LogP contribution in [0.4, 0.5) is 0 Å². The molecule has 0 aromatic rings. The highest BCUT2D eigenvalue weighted by molar-refractivity contribution is 7.84. The smallest absolute Gasteiger partial charge is 0.267 e. The molecule has 0 aliphatic heterocycles. The molecule has 0 spiro atoms. The SMILES string of the molecule is CC(=O)[O-].COP(=O)([O-])OC.COP(C)(=O)[O-].CP(C)(=O)[O-].CS(=O)(=O)[O-]. The Morgan fingerprint density at radius 3 is 0.963 bits per heavy atom. The van der Waals surface area contributed by atoms with Gasteiger partial charge in [0.2, 0.25) is 0 Å². The molecule has 0 saturated heterocycles. The lowest BCUT2D eigenvalue weighted by Crippen LogP contribution is -2.16. The first-order chi connectivity index (χ1) is 11.4. The number of carboxylic acids is 1. The van der Waals surface area contributed by atoms with Crippen molar-refractivity contribution in [2.45, 2.75) is 6.92 Å². The molecule has 0 aliphatic rings. The first kappa shape index (κ1) is 37.6. The lowest BCUT2D eigenvalue weighted by Gasteiger charge is -2.16. The van der Waals surface area contributed by atoms with E-state index >= 15 is 0 Å². The minimum absolute atomic E-state index is 0.604. The normalized spacial score (nSPS) is 12.7. The summed E-state index contributed by atoms with van der Waals surface area (Å²) >= 11 is 0. The van der Waals surface area contributed by atoms with Gasteiger partial charge in [0.1, 0.15) is 7.60 Å². The molecule has 170 valence electrons. The van der Waals surface area contributed by atoms with Crippen molar-refractivity contribution < 1.29 is 64.8 Å². The minimum atomic E-state index is -3.92. The van der Waals surface area contributed by atoms with E-state index in [-0.39, 0.29) is 0 Å². The zero-order chi connectivity index (χ0) is 23.7. The van der Waals surface area contributed by atoms with Crippen molar-refractivity contribution in [3.8, 4) is 0 Å². The fraction of sp³-hybridized carbons (Fsp3) is 0.889. The highest BCUT2D eigenvalue weighted by atomic mass is 32.2. The number of aliphatic carboxylic acids is 1. The molecule has 0 aromatic carbocycles. The van der Waals surface area contributed by atoms with Gasteiger partial charge in [-0.3, -0.25) is 4.57 Å². The summed E-state index contributed by atoms with van der Waals surface area (Å²) in [6.45, 7) is 4.37. The van der Waals surface area contributed by atoms with Crippen molar-refractivity contribution in [3.05, 3.63) is 0 Å². The summed E-state index contributed by atoms with van der Waals surface area (Å²) in [5, 5.41) is 8.89. The Morgan fingerprint density at radius 1 is 0.852 bits per heavy atom. The molecule has 14 nitrogen and oxygen atoms in total. The van der Waals surface area contributed by atoms with Crippen LogP contribution >= 0.6 is 22.8 Å². The minimum Gasteiger partial charge on any atom is -0.800 e. The summed E-state index contributed by atoms with van der Waals surface area (Å²) in [7, 11) is -10.9. The molecule has 0 fully saturated rings. The zero-order valence-electron chi connectivity index (χ0n) is 16.0. The van der Waals surface area contributed by atoms with Gasteiger partial charge >= 0.3 is 0 Å². The van der Waals surface area contributed by atoms with Crippen LogP contribution in [0.1, 0.15) is 6.92 Å². The van der Waals surface area contributed by atoms with Crippen LogP contribution in [0.2, 0.25) is 0 Å². The Balaban J connectivity index is -0.0000000757. The van der Waals surface area contributed by atoms with Crippen LogP contribution in [0, 0.1) is 0 Å². The standard InChI is InChI=1S/C2H7O4P.C2H7O3P.C2H7O2P.C2H4O2.CH4O3S/c1-5-7(3,4)6-2;1-5-6(2,3)4;1-5(2,3)4;1-2(3)4;1-5(2,3)4/h1-2H3,(H,3,4);1-2H3,(H,3,4);1-2H3,(H,3,4);1H3,(H,3,4);1H3,(H,2,3,4)/p-5. The maximum Gasteiger partial charge on any atom is 0.267 e. The van der Waals surface area contributed by atoms with E-state index in [1.807, 2.05) is 0 Å². The molecule has 0 saturated carbocycles. The number of hydrogen-bond acceptors (Lipinski definition) is 14. The average molecular weight is 481 g/mol. The third-order valence-corrected chi connectivity index (χ3v) is 2.34. The highest BCUT2D eigenvalue weighted by Crippen LogP contribution is 2.34. The molecule has 0 aliphatic carbocycles. The van der Waals surface area contributed by atoms with Gasteiger partial charge in [0.25, 0.3) is 7.82 Å². The van der Waals surface area contributed by atoms with Crippen molar-refractivity contribution in [1.82, 2.24) is 0 Å². The predicted molar refractivity (Wildman–Crippen MR) is 87.9 cm³/mol. The van der Waals surface area contributed by atoms with Gasteiger partial charge in [-0.05, 0) is 20.3 Å². The van der Waals surface area contributed by atoms with Crippen LogP contribution < -0.4 is 19.8 Å². The molecule has 0 heterocycles. The molecule has 18 heteroatoms. The second-order valence-corrected chi connectivity index (χ2v) is 11.7. The topological polar surface area (TPSA) is 245 Å². The highest BCUT2D eigenvalue weighted by Gasteiger charge is 1.98. The molecule has 0 radical (unpaired) electrons. The molecule has 0 amide bonds. The van der Waals surface area contributed by atoms with Gasteiger partial charge in [-0.2, -0.15) is 0 Å². The predicted octanol–water partition coefficient (Wildman–Crippen LogP) is -2.63. The Hall–Kier alpha value is -0.170. The van der Waals surface area contributed by atoms with E-state index in [2.05, 4.69) is 13.6 Å². The van der Waals surface area contributed by atoms with Crippen molar-refractivity contribution in [2.24, 2.45) is 0 Å². The van der Waals surface area contributed by atoms with E-state index in [9.17, 15) is 28.4 Å². The average Bonchev–Trinajstić information content (AvgIpc) is 2.34. The Labute approximate surface area is 158 Å². The number of carbonyl (C=O) groups excluding carboxylic acids is 1. The van der Waals surface area contributed by atoms with Crippen molar-refractivity contribution in [3.63, 3.8) is 0 Å². The first-order valence-electron chi connectivity index (χ1n) is 6.03. The van der Waals surface area contributed by atoms with Crippen molar-refractivity contribution >= 4 is 38.9 Å². The Morgan fingerprint density at radius 2 is 0.963 bits per heavy atom. The third kappa shape index (κ3) is 188. The van der Waals surface area contributed by atoms with Gasteiger partial charge in [0.05, 0.1) is 10.1 Å². The van der Waals surface area contributed by atoms with Crippen LogP contribution in [0.15, 0.2) is 0 Å². The van der Waals surface area contributed by atoms with E-state index in [1.54, 1.807) is 0 Å². The monoisotopic (exact) mass is 481 g/mol. The van der Waals surface area contributed by atoms with Crippen LogP contribution in [-0.2, 0) is 42.2 Å². The van der Waals surface area contributed by atoms with Gasteiger partial charge < -0.3 is 51.8 Å². The number of phosphoric acid groups is 1. The first-order valence-corrected chi connectivity index (χ1v) is 13.8. The van der Waals surface area contributed by atoms with Crippen LogP contribution in [0.3, 0.4) is 0 Å². The molecule has 0 rings (SSSR count). The largest absolute Gasteiger partial charge is 0.800 e. The third-order valence-electron chi connectivity index (χ3n) is 0.779. The molecular weight excluding hydrogens is 457 g/mol. The molecule has 0 bridgehead atoms. The molecule has 1 unspecified atom stereocenters. The van der Waals surface area contributed by atoms with Gasteiger partial charge in [0, 0.05) is 47.6 Å². The molecular formula is C9H24O14P3S-5. The van der Waals surface area contributed by atoms with Gasteiger partial charge in [-0.15, -0.1) is 0 Å². The van der Waals surface area contributed by atoms with Gasteiger partial charge in [-0.25, -0.2) is 8.42 Å². The van der Waals surface area contributed by atoms with Crippen LogP contribution in [0.25, 0.3) is 0 Å². The van der Waals surface area contributed by atoms with E-state index in [0.717, 1.165) is 34.9 Å². The molecule has 0 aromatic heterocycles. The maximum atomic E-state index is 9.95. The quantitative estimate of drug-likeness (QED) is 0.295. The van der Waals surface area contributed by atoms with E-state index < -0.39 is 38.9 Å². The van der Waals surface area contributed by atoms with Crippen LogP contribution in [-0.4, -0.2) is 66.5 Å². The van der Waals surface area contributed by atoms with Crippen molar-refractivity contribution in [2.75, 3.05) is 47.6 Å². The lowest BCUT2D eigenvalue weighted by atomic mass is 10.9. The van der Waals surface area contributed by atoms with E-state index in [0.29, 0.717) is 6.26 Å². The van der Waals surface area contributed by atoms with Crippen LogP contribution in [0.5, 0.6) is 0 Å². The number of carbonyl (C=O) groups is 1. The fourth-order valence-electron chi connectivity index (χ4n) is 0.0745. The van der Waals surface area contributed by atoms with Gasteiger partial charge in [0.15, 0.2) is 0 Å². The molecule has 1 atom stereocenters. The Kier molecular flexibility index (Phi) is 24.9.